The number of carboxylic acid groups (broad SMARTS) is 1. The summed E-state index contributed by atoms with van der Waals surface area (Å²) in [5.41, 5.74) is 2.22. The number of hydrogen-bond donors (Lipinski definition) is 8. The van der Waals surface area contributed by atoms with E-state index in [1.807, 2.05) is 30.3 Å². The first-order chi connectivity index (χ1) is 43.2. The third-order valence-electron chi connectivity index (χ3n) is 30.1. The summed E-state index contributed by atoms with van der Waals surface area (Å²) in [6.07, 6.45) is 9.67. The summed E-state index contributed by atoms with van der Waals surface area (Å²) < 4.78 is 63.2. The van der Waals surface area contributed by atoms with E-state index in [1.165, 1.54) is 5.57 Å². The van der Waals surface area contributed by atoms with Crippen LogP contribution in [0, 0.1) is 125 Å². The van der Waals surface area contributed by atoms with Crippen molar-refractivity contribution in [3.63, 3.8) is 0 Å². The Morgan fingerprint density at radius 3 is 1.56 bits per heavy atom. The number of fused-ring (bicyclic) bond motifs is 6. The Bertz CT molecular complexity index is 3070. The number of aliphatic hydroxyl groups is 5. The van der Waals surface area contributed by atoms with Crippen molar-refractivity contribution in [2.75, 3.05) is 33.0 Å². The lowest BCUT2D eigenvalue weighted by Crippen LogP contribution is -2.69. The van der Waals surface area contributed by atoms with E-state index in [4.69, 9.17) is 41.2 Å². The van der Waals surface area contributed by atoms with E-state index in [9.17, 15) is 40.2 Å². The smallest absolute Gasteiger partial charge is 0.394 e. The molecule has 1 aromatic rings. The Morgan fingerprint density at radius 1 is 0.613 bits per heavy atom. The standard InChI is InChI=1S/C38H56O4.C37H60O9.H2O4S/c1-24(2)26(4)34(5)18-19-36(7)28-14-15-30-35(6)22-41-23-38(30,20-25(3)32(35)39)29(28)16-17-37(36,8)31(34)33(40)42-21-27-12-10-9-11-13-27;1-19(2)21(4)33(5)13-14-35(7)22-9-10-25-34(6)17-44-18-37(25,23(22)11-12-36(35,8)29(33)31(42)43)15-20(3)30(34)46-32-28(41)27(40)26(39)24(16-38)45-32;1-5(2,3)4/h9-13,16,24-26,28,30-32,39H,14-15,17-23H2,1-8H3;11,19-22,24-30,32,38-41H,9-10,12-18H2,1-8H3,(H,42,43);(H2,1,2,3,4)/t25-,26-,28+,30+,31-,32+,34-,35+,36-,37+,38+;20-,21-,22+,24-,25+,26-,27+,28-,29-,30+,32+,33-,34+,35-,36+,37+;/m11./s1. The molecule has 0 unspecified atom stereocenters. The number of carbonyl (C=O) groups excluding carboxylic acids is 1. The molecule has 526 valence electrons. The summed E-state index contributed by atoms with van der Waals surface area (Å²) in [6, 6.07) is 10.1. The highest BCUT2D eigenvalue weighted by Gasteiger charge is 2.74. The van der Waals surface area contributed by atoms with Crippen LogP contribution in [-0.4, -0.2) is 136 Å². The van der Waals surface area contributed by atoms with E-state index in [0.717, 1.165) is 89.2 Å². The number of carbonyl (C=O) groups is 2. The zero-order valence-corrected chi connectivity index (χ0v) is 59.7. The molecule has 0 amide bonds. The summed E-state index contributed by atoms with van der Waals surface area (Å²) >= 11 is 0. The Kier molecular flexibility index (Phi) is 19.9. The molecule has 0 radical (unpaired) electrons. The number of aliphatic hydroxyl groups excluding tert-OH is 5. The molecule has 4 bridgehead atoms. The van der Waals surface area contributed by atoms with E-state index in [2.05, 4.69) is 123 Å². The van der Waals surface area contributed by atoms with Crippen LogP contribution >= 0.6 is 0 Å². The molecular formula is C75H118O17S. The van der Waals surface area contributed by atoms with Crippen molar-refractivity contribution in [2.24, 2.45) is 125 Å². The predicted octanol–water partition coefficient (Wildman–Crippen LogP) is 12.0. The van der Waals surface area contributed by atoms with Gasteiger partial charge in [0.2, 0.25) is 0 Å². The third-order valence-corrected chi connectivity index (χ3v) is 30.1. The molecule has 0 spiro atoms. The third kappa shape index (κ3) is 11.4. The Labute approximate surface area is 555 Å². The lowest BCUT2D eigenvalue weighted by Gasteiger charge is -2.71. The van der Waals surface area contributed by atoms with Gasteiger partial charge in [0, 0.05) is 21.7 Å². The summed E-state index contributed by atoms with van der Waals surface area (Å²) in [7, 11) is -4.67. The second-order valence-corrected chi connectivity index (χ2v) is 35.9. The Hall–Kier alpha value is -2.85. The molecule has 8 aliphatic carbocycles. The van der Waals surface area contributed by atoms with Crippen molar-refractivity contribution in [2.45, 2.75) is 237 Å². The molecule has 11 aliphatic rings. The number of carboxylic acids is 1. The predicted molar refractivity (Wildman–Crippen MR) is 353 cm³/mol. The molecule has 18 heteroatoms. The van der Waals surface area contributed by atoms with Crippen LogP contribution in [-0.2, 0) is 50.3 Å². The van der Waals surface area contributed by atoms with Crippen LogP contribution in [0.4, 0.5) is 0 Å². The SMILES string of the molecule is CC(C)[C@@H](C)[C@@]1(C)CC[C@]2(C)[C@H]3CC[C@@H]4[C@@]5(COC[C@]4(C)[C@@H](O)[C@H](C)C5)C3=CC[C@@]2(C)[C@@H]1C(=O)OCc1ccccc1.CC(C)[C@@H](C)[C@@]1(C)CC[C@]2(C)[C@H]3CC[C@@H]4[C@@]5(COC[C@]4(C)[C@@H](O[C@@H]4O[C@H](CO)[C@@H](O)[C@H](O)[C@H]4O)[C@H](C)C5)C3=CC[C@@]2(C)[C@@H]1C(=O)O.O=S(=O)(O)O. The molecule has 3 aliphatic heterocycles. The van der Waals surface area contributed by atoms with Crippen molar-refractivity contribution < 1.29 is 81.4 Å². The van der Waals surface area contributed by atoms with Crippen LogP contribution in [0.5, 0.6) is 0 Å². The maximum absolute atomic E-state index is 14.5. The molecule has 12 rings (SSSR count). The first-order valence-corrected chi connectivity index (χ1v) is 36.9. The number of benzene rings is 1. The van der Waals surface area contributed by atoms with Crippen LogP contribution < -0.4 is 0 Å². The largest absolute Gasteiger partial charge is 0.481 e. The highest BCUT2D eigenvalue weighted by atomic mass is 32.3. The fourth-order valence-corrected chi connectivity index (χ4v) is 24.5. The second-order valence-electron chi connectivity index (χ2n) is 35.0. The second kappa shape index (κ2) is 25.4. The molecule has 8 N–H and O–H groups in total. The quantitative estimate of drug-likeness (QED) is 0.0442. The van der Waals surface area contributed by atoms with Gasteiger partial charge in [0.15, 0.2) is 6.29 Å². The van der Waals surface area contributed by atoms with E-state index in [-0.39, 0.29) is 96.5 Å². The molecule has 27 atom stereocenters. The van der Waals surface area contributed by atoms with Gasteiger partial charge in [0.1, 0.15) is 31.0 Å². The van der Waals surface area contributed by atoms with Gasteiger partial charge in [-0.2, -0.15) is 8.42 Å². The zero-order valence-electron chi connectivity index (χ0n) is 58.9. The summed E-state index contributed by atoms with van der Waals surface area (Å²) in [5, 5.41) is 63.7. The number of allylic oxidation sites excluding steroid dienone is 2. The number of rotatable bonds is 11. The van der Waals surface area contributed by atoms with Gasteiger partial charge in [0.25, 0.3) is 0 Å². The first kappa shape index (κ1) is 72.9. The summed E-state index contributed by atoms with van der Waals surface area (Å²) in [5.74, 6) is 2.11. The average Bonchev–Trinajstić information content (AvgIpc) is 0.682. The Balaban J connectivity index is 0.000000190. The van der Waals surface area contributed by atoms with Crippen LogP contribution in [0.3, 0.4) is 0 Å². The van der Waals surface area contributed by atoms with Gasteiger partial charge >= 0.3 is 22.3 Å². The number of hydrogen-bond acceptors (Lipinski definition) is 14. The molecule has 3 saturated heterocycles. The van der Waals surface area contributed by atoms with E-state index in [0.29, 0.717) is 61.9 Å². The number of aliphatic carboxylic acids is 1. The average molecular weight is 1320 g/mol. The molecule has 93 heavy (non-hydrogen) atoms. The zero-order chi connectivity index (χ0) is 68.6. The van der Waals surface area contributed by atoms with Gasteiger partial charge < -0.3 is 54.3 Å². The van der Waals surface area contributed by atoms with Gasteiger partial charge in [-0.25, -0.2) is 0 Å². The minimum atomic E-state index is -4.67. The van der Waals surface area contributed by atoms with Gasteiger partial charge in [-0.05, 0) is 174 Å². The van der Waals surface area contributed by atoms with Gasteiger partial charge in [0.05, 0.1) is 57.1 Å². The number of esters is 1. The molecule has 1 aromatic carbocycles. The van der Waals surface area contributed by atoms with Gasteiger partial charge in [-0.15, -0.1) is 0 Å². The van der Waals surface area contributed by atoms with Crippen molar-refractivity contribution in [1.82, 2.24) is 0 Å². The van der Waals surface area contributed by atoms with Gasteiger partial charge in [-0.3, -0.25) is 18.7 Å². The Morgan fingerprint density at radius 2 is 1.08 bits per heavy atom. The molecular weight excluding hydrogens is 1200 g/mol. The van der Waals surface area contributed by atoms with Crippen molar-refractivity contribution in [1.29, 1.82) is 0 Å². The fraction of sp³-hybridized carbons (Fsp3) is 0.840. The monoisotopic (exact) mass is 1320 g/mol. The van der Waals surface area contributed by atoms with Crippen molar-refractivity contribution >= 4 is 22.3 Å². The van der Waals surface area contributed by atoms with Crippen LogP contribution in [0.2, 0.25) is 0 Å². The van der Waals surface area contributed by atoms with Gasteiger partial charge in [-0.1, -0.05) is 164 Å². The van der Waals surface area contributed by atoms with Crippen molar-refractivity contribution in [3.05, 3.63) is 59.2 Å². The minimum Gasteiger partial charge on any atom is -0.481 e. The molecule has 6 saturated carbocycles. The summed E-state index contributed by atoms with van der Waals surface area (Å²) in [6.45, 7) is 39.4. The molecule has 17 nitrogen and oxygen atoms in total. The maximum atomic E-state index is 14.5. The van der Waals surface area contributed by atoms with Crippen LogP contribution in [0.25, 0.3) is 0 Å². The molecule has 9 fully saturated rings. The van der Waals surface area contributed by atoms with E-state index in [1.54, 1.807) is 5.57 Å². The minimum absolute atomic E-state index is 0.00338. The fourth-order valence-electron chi connectivity index (χ4n) is 24.5. The highest BCUT2D eigenvalue weighted by Crippen LogP contribution is 2.78. The lowest BCUT2D eigenvalue weighted by molar-refractivity contribution is -0.343. The molecule has 3 heterocycles. The highest BCUT2D eigenvalue weighted by molar-refractivity contribution is 7.79. The van der Waals surface area contributed by atoms with Crippen LogP contribution in [0.15, 0.2) is 53.6 Å². The van der Waals surface area contributed by atoms with E-state index >= 15 is 0 Å². The topological polar surface area (TPSA) is 276 Å². The first-order valence-electron chi connectivity index (χ1n) is 35.5. The summed E-state index contributed by atoms with van der Waals surface area (Å²) in [4.78, 5) is 27.8. The lowest BCUT2D eigenvalue weighted by atomic mass is 9.34. The van der Waals surface area contributed by atoms with E-state index < -0.39 is 65.0 Å². The maximum Gasteiger partial charge on any atom is 0.394 e. The normalized spacial score (nSPS) is 48.7. The van der Waals surface area contributed by atoms with Crippen molar-refractivity contribution in [3.8, 4) is 0 Å². The molecule has 0 aromatic heterocycles. The van der Waals surface area contributed by atoms with Crippen LogP contribution in [0.1, 0.15) is 193 Å². The number of ether oxygens (including phenoxy) is 5.